The molecular formula is C23H31FN4O2. The fraction of sp³-hybridized carbons (Fsp3) is 0.435. The zero-order chi connectivity index (χ0) is 21.7. The Morgan fingerprint density at radius 3 is 2.47 bits per heavy atom. The van der Waals surface area contributed by atoms with Crippen molar-refractivity contribution >= 4 is 23.0 Å². The Hall–Kier alpha value is -2.96. The van der Waals surface area contributed by atoms with Gasteiger partial charge in [-0.15, -0.1) is 0 Å². The molecule has 3 rings (SSSR count). The lowest BCUT2D eigenvalue weighted by atomic mass is 10.1. The van der Waals surface area contributed by atoms with Gasteiger partial charge in [0.2, 0.25) is 0 Å². The quantitative estimate of drug-likeness (QED) is 0.749. The minimum atomic E-state index is -0.308. The van der Waals surface area contributed by atoms with Gasteiger partial charge in [0, 0.05) is 52.9 Å². The highest BCUT2D eigenvalue weighted by Crippen LogP contribution is 2.34. The van der Waals surface area contributed by atoms with E-state index in [0.717, 1.165) is 56.2 Å². The molecule has 0 saturated carbocycles. The lowest BCUT2D eigenvalue weighted by molar-refractivity contribution is 0.0828. The van der Waals surface area contributed by atoms with Gasteiger partial charge in [0.05, 0.1) is 29.7 Å². The van der Waals surface area contributed by atoms with Crippen molar-refractivity contribution in [3.63, 3.8) is 0 Å². The Morgan fingerprint density at radius 2 is 1.83 bits per heavy atom. The van der Waals surface area contributed by atoms with Gasteiger partial charge in [-0.3, -0.25) is 4.79 Å². The Bertz CT molecular complexity index is 880. The summed E-state index contributed by atoms with van der Waals surface area (Å²) in [5.41, 5.74) is 3.53. The van der Waals surface area contributed by atoms with Crippen LogP contribution < -0.4 is 19.9 Å². The maximum absolute atomic E-state index is 13.6. The average molecular weight is 415 g/mol. The number of anilines is 3. The summed E-state index contributed by atoms with van der Waals surface area (Å²) < 4.78 is 18.9. The number of nitrogens with one attached hydrogen (secondary N) is 1. The molecule has 0 unspecified atom stereocenters. The maximum Gasteiger partial charge on any atom is 0.255 e. The first-order valence-electron chi connectivity index (χ1n) is 10.4. The van der Waals surface area contributed by atoms with E-state index < -0.39 is 0 Å². The van der Waals surface area contributed by atoms with E-state index in [1.807, 2.05) is 18.2 Å². The number of hydrogen-bond donors (Lipinski definition) is 1. The van der Waals surface area contributed by atoms with E-state index in [2.05, 4.69) is 22.0 Å². The minimum Gasteiger partial charge on any atom is -0.494 e. The van der Waals surface area contributed by atoms with Crippen molar-refractivity contribution in [2.45, 2.75) is 13.3 Å². The standard InChI is InChI=1S/C23H31FN4O2/c1-5-11-25-19-8-6-7-18(23(29)26(2)3)22(19)28-14-12-27(13-15-28)20-10-9-17(24)16-21(20)30-4/h6-10,16,25H,5,11-15H2,1-4H3. The van der Waals surface area contributed by atoms with Crippen LogP contribution in [0, 0.1) is 5.82 Å². The van der Waals surface area contributed by atoms with Crippen molar-refractivity contribution < 1.29 is 13.9 Å². The lowest BCUT2D eigenvalue weighted by Gasteiger charge is -2.39. The van der Waals surface area contributed by atoms with Crippen molar-refractivity contribution in [1.29, 1.82) is 0 Å². The van der Waals surface area contributed by atoms with E-state index in [-0.39, 0.29) is 11.7 Å². The molecule has 2 aromatic carbocycles. The second-order valence-electron chi connectivity index (χ2n) is 7.62. The monoisotopic (exact) mass is 414 g/mol. The van der Waals surface area contributed by atoms with Crippen LogP contribution >= 0.6 is 0 Å². The molecule has 0 aliphatic carbocycles. The molecular weight excluding hydrogens is 383 g/mol. The smallest absolute Gasteiger partial charge is 0.255 e. The third-order valence-electron chi connectivity index (χ3n) is 5.32. The number of ether oxygens (including phenoxy) is 1. The summed E-state index contributed by atoms with van der Waals surface area (Å²) in [4.78, 5) is 18.9. The normalized spacial score (nSPS) is 13.9. The second-order valence-corrected chi connectivity index (χ2v) is 7.62. The third-order valence-corrected chi connectivity index (χ3v) is 5.32. The van der Waals surface area contributed by atoms with Crippen LogP contribution in [0.4, 0.5) is 21.5 Å². The number of hydrogen-bond acceptors (Lipinski definition) is 5. The summed E-state index contributed by atoms with van der Waals surface area (Å²) in [6.07, 6.45) is 1.00. The Balaban J connectivity index is 1.86. The number of carbonyl (C=O) groups excluding carboxylic acids is 1. The van der Waals surface area contributed by atoms with E-state index in [9.17, 15) is 9.18 Å². The Labute approximate surface area is 178 Å². The Kier molecular flexibility index (Phi) is 7.03. The van der Waals surface area contributed by atoms with Gasteiger partial charge in [-0.1, -0.05) is 13.0 Å². The SMILES string of the molecule is CCCNc1cccc(C(=O)N(C)C)c1N1CCN(c2ccc(F)cc2OC)CC1. The van der Waals surface area contributed by atoms with Crippen LogP contribution in [-0.2, 0) is 0 Å². The first-order valence-corrected chi connectivity index (χ1v) is 10.4. The largest absolute Gasteiger partial charge is 0.494 e. The molecule has 1 amide bonds. The number of piperazine rings is 1. The number of halogens is 1. The molecule has 2 aromatic rings. The first-order chi connectivity index (χ1) is 14.5. The predicted molar refractivity (Wildman–Crippen MR) is 121 cm³/mol. The highest BCUT2D eigenvalue weighted by atomic mass is 19.1. The number of methoxy groups -OCH3 is 1. The van der Waals surface area contributed by atoms with Gasteiger partial charge < -0.3 is 24.8 Å². The molecule has 1 aliphatic heterocycles. The molecule has 0 radical (unpaired) electrons. The number of amides is 1. The molecule has 1 heterocycles. The number of para-hydroxylation sites is 1. The number of rotatable bonds is 7. The topological polar surface area (TPSA) is 48.1 Å². The van der Waals surface area contributed by atoms with Crippen LogP contribution in [-0.4, -0.2) is 64.7 Å². The molecule has 1 fully saturated rings. The van der Waals surface area contributed by atoms with Crippen LogP contribution in [0.3, 0.4) is 0 Å². The van der Waals surface area contributed by atoms with Crippen molar-refractivity contribution in [2.75, 3.05) is 69.0 Å². The summed E-state index contributed by atoms with van der Waals surface area (Å²) in [6.45, 7) is 5.97. The second kappa shape index (κ2) is 9.69. The highest BCUT2D eigenvalue weighted by molar-refractivity contribution is 6.02. The molecule has 0 spiro atoms. The molecule has 1 saturated heterocycles. The summed E-state index contributed by atoms with van der Waals surface area (Å²) in [7, 11) is 5.11. The number of benzene rings is 2. The van der Waals surface area contributed by atoms with Crippen molar-refractivity contribution in [1.82, 2.24) is 4.90 Å². The van der Waals surface area contributed by atoms with E-state index in [1.54, 1.807) is 32.2 Å². The zero-order valence-electron chi connectivity index (χ0n) is 18.2. The van der Waals surface area contributed by atoms with E-state index in [1.165, 1.54) is 12.1 Å². The van der Waals surface area contributed by atoms with Crippen LogP contribution in [0.15, 0.2) is 36.4 Å². The van der Waals surface area contributed by atoms with Crippen LogP contribution in [0.5, 0.6) is 5.75 Å². The maximum atomic E-state index is 13.6. The molecule has 30 heavy (non-hydrogen) atoms. The summed E-state index contributed by atoms with van der Waals surface area (Å²) in [6, 6.07) is 10.5. The summed E-state index contributed by atoms with van der Waals surface area (Å²) in [5, 5.41) is 3.47. The molecule has 6 nitrogen and oxygen atoms in total. The van der Waals surface area contributed by atoms with Gasteiger partial charge in [-0.2, -0.15) is 0 Å². The van der Waals surface area contributed by atoms with Gasteiger partial charge in [-0.05, 0) is 30.7 Å². The van der Waals surface area contributed by atoms with Gasteiger partial charge >= 0.3 is 0 Å². The molecule has 0 atom stereocenters. The predicted octanol–water partition coefficient (Wildman–Crippen LogP) is 3.68. The van der Waals surface area contributed by atoms with Gasteiger partial charge in [-0.25, -0.2) is 4.39 Å². The summed E-state index contributed by atoms with van der Waals surface area (Å²) >= 11 is 0. The van der Waals surface area contributed by atoms with E-state index >= 15 is 0 Å². The minimum absolute atomic E-state index is 0.00668. The Morgan fingerprint density at radius 1 is 1.13 bits per heavy atom. The fourth-order valence-electron chi connectivity index (χ4n) is 3.78. The molecule has 1 aliphatic rings. The highest BCUT2D eigenvalue weighted by Gasteiger charge is 2.26. The van der Waals surface area contributed by atoms with E-state index in [4.69, 9.17) is 4.74 Å². The van der Waals surface area contributed by atoms with Crippen molar-refractivity contribution in [2.24, 2.45) is 0 Å². The molecule has 0 bridgehead atoms. The molecule has 0 aromatic heterocycles. The molecule has 162 valence electrons. The lowest BCUT2D eigenvalue weighted by Crippen LogP contribution is -2.47. The first kappa shape index (κ1) is 21.7. The van der Waals surface area contributed by atoms with Crippen LogP contribution in [0.1, 0.15) is 23.7 Å². The molecule has 1 N–H and O–H groups in total. The number of nitrogens with zero attached hydrogens (tertiary/aromatic N) is 3. The van der Waals surface area contributed by atoms with Crippen molar-refractivity contribution in [3.05, 3.63) is 47.8 Å². The number of carbonyl (C=O) groups is 1. The summed E-state index contributed by atoms with van der Waals surface area (Å²) in [5.74, 6) is 0.224. The van der Waals surface area contributed by atoms with Crippen LogP contribution in [0.2, 0.25) is 0 Å². The zero-order valence-corrected chi connectivity index (χ0v) is 18.2. The van der Waals surface area contributed by atoms with Crippen LogP contribution in [0.25, 0.3) is 0 Å². The average Bonchev–Trinajstić information content (AvgIpc) is 2.76. The van der Waals surface area contributed by atoms with Gasteiger partial charge in [0.25, 0.3) is 5.91 Å². The fourth-order valence-corrected chi connectivity index (χ4v) is 3.78. The third kappa shape index (κ3) is 4.61. The van der Waals surface area contributed by atoms with E-state index in [0.29, 0.717) is 11.3 Å². The molecule has 7 heteroatoms. The van der Waals surface area contributed by atoms with Gasteiger partial charge in [0.15, 0.2) is 0 Å². The van der Waals surface area contributed by atoms with Crippen molar-refractivity contribution in [3.8, 4) is 5.75 Å². The van der Waals surface area contributed by atoms with Gasteiger partial charge in [0.1, 0.15) is 11.6 Å².